The normalized spacial score (nSPS) is 17.4. The third-order valence-corrected chi connectivity index (χ3v) is 1.08. The highest BCUT2D eigenvalue weighted by Gasteiger charge is 1.94. The summed E-state index contributed by atoms with van der Waals surface area (Å²) in [5.41, 5.74) is 1.37. The lowest BCUT2D eigenvalue weighted by molar-refractivity contribution is 0.150. The molecule has 0 aliphatic carbocycles. The molecule has 0 spiro atoms. The van der Waals surface area contributed by atoms with Gasteiger partial charge in [-0.3, -0.25) is 0 Å². The van der Waals surface area contributed by atoms with E-state index in [1.165, 1.54) is 5.57 Å². The highest BCUT2D eigenvalue weighted by atomic mass is 16.5. The molecule has 0 atom stereocenters. The van der Waals surface area contributed by atoms with Crippen LogP contribution in [0.5, 0.6) is 0 Å². The summed E-state index contributed by atoms with van der Waals surface area (Å²) in [6.45, 7) is 7.86. The molecule has 0 bridgehead atoms. The van der Waals surface area contributed by atoms with Crippen molar-refractivity contribution in [1.29, 1.82) is 0 Å². The summed E-state index contributed by atoms with van der Waals surface area (Å²) in [6, 6.07) is 0. The van der Waals surface area contributed by atoms with Gasteiger partial charge < -0.3 is 4.74 Å². The van der Waals surface area contributed by atoms with Crippen LogP contribution in [0.1, 0.15) is 27.2 Å². The molecule has 0 aromatic heterocycles. The van der Waals surface area contributed by atoms with Crippen LogP contribution in [-0.2, 0) is 4.74 Å². The molecule has 0 aromatic rings. The lowest BCUT2D eigenvalue weighted by atomic mass is 10.2. The summed E-state index contributed by atoms with van der Waals surface area (Å²) in [6.07, 6.45) is 3.33. The van der Waals surface area contributed by atoms with Crippen molar-refractivity contribution in [1.82, 2.24) is 0 Å². The highest BCUT2D eigenvalue weighted by Crippen LogP contribution is 2.02. The Morgan fingerprint density at radius 2 is 2.11 bits per heavy atom. The monoisotopic (exact) mass is 128 g/mol. The third kappa shape index (κ3) is 4.22. The standard InChI is InChI=1S/C6H10O.C2H6/c1-6-3-2-4-7-5-6;1-2/h3H,2,4-5H2,1H3;1-2H3. The summed E-state index contributed by atoms with van der Waals surface area (Å²) < 4.78 is 5.11. The molecule has 0 amide bonds. The molecule has 1 rings (SSSR count). The van der Waals surface area contributed by atoms with Crippen LogP contribution >= 0.6 is 0 Å². The summed E-state index contributed by atoms with van der Waals surface area (Å²) >= 11 is 0. The van der Waals surface area contributed by atoms with Crippen molar-refractivity contribution in [2.24, 2.45) is 0 Å². The van der Waals surface area contributed by atoms with Crippen molar-refractivity contribution in [3.63, 3.8) is 0 Å². The first-order valence-corrected chi connectivity index (χ1v) is 3.63. The van der Waals surface area contributed by atoms with Crippen LogP contribution in [0.15, 0.2) is 11.6 Å². The van der Waals surface area contributed by atoms with E-state index in [1.54, 1.807) is 0 Å². The van der Waals surface area contributed by atoms with E-state index in [0.717, 1.165) is 19.6 Å². The quantitative estimate of drug-likeness (QED) is 0.455. The predicted molar refractivity (Wildman–Crippen MR) is 40.5 cm³/mol. The number of hydrogen-bond donors (Lipinski definition) is 0. The maximum Gasteiger partial charge on any atom is 0.0674 e. The van der Waals surface area contributed by atoms with Gasteiger partial charge in [0.2, 0.25) is 0 Å². The smallest absolute Gasteiger partial charge is 0.0674 e. The second-order valence-corrected chi connectivity index (χ2v) is 1.89. The van der Waals surface area contributed by atoms with E-state index in [0.29, 0.717) is 0 Å². The second-order valence-electron chi connectivity index (χ2n) is 1.89. The van der Waals surface area contributed by atoms with Gasteiger partial charge in [0.1, 0.15) is 0 Å². The average molecular weight is 128 g/mol. The molecule has 1 nitrogen and oxygen atoms in total. The molecule has 9 heavy (non-hydrogen) atoms. The number of ether oxygens (including phenoxy) is 1. The Bertz CT molecular complexity index is 84.6. The van der Waals surface area contributed by atoms with E-state index >= 15 is 0 Å². The Kier molecular flexibility index (Phi) is 5.64. The SMILES string of the molecule is CC.CC1=CCCOC1. The Morgan fingerprint density at radius 3 is 2.33 bits per heavy atom. The van der Waals surface area contributed by atoms with E-state index in [2.05, 4.69) is 13.0 Å². The zero-order valence-electron chi connectivity index (χ0n) is 6.61. The van der Waals surface area contributed by atoms with Crippen molar-refractivity contribution in [3.05, 3.63) is 11.6 Å². The molecular formula is C8H16O. The first kappa shape index (κ1) is 8.70. The van der Waals surface area contributed by atoms with Crippen molar-refractivity contribution < 1.29 is 4.74 Å². The van der Waals surface area contributed by atoms with Gasteiger partial charge >= 0.3 is 0 Å². The molecule has 0 saturated carbocycles. The van der Waals surface area contributed by atoms with Gasteiger partial charge in [0.15, 0.2) is 0 Å². The van der Waals surface area contributed by atoms with Gasteiger partial charge in [-0.15, -0.1) is 0 Å². The minimum absolute atomic E-state index is 0.847. The van der Waals surface area contributed by atoms with Crippen molar-refractivity contribution in [3.8, 4) is 0 Å². The van der Waals surface area contributed by atoms with Gasteiger partial charge in [-0.05, 0) is 13.3 Å². The lowest BCUT2D eigenvalue weighted by Crippen LogP contribution is -2.02. The second kappa shape index (κ2) is 5.83. The number of hydrogen-bond acceptors (Lipinski definition) is 1. The van der Waals surface area contributed by atoms with E-state index < -0.39 is 0 Å². The minimum Gasteiger partial charge on any atom is -0.377 e. The van der Waals surface area contributed by atoms with Gasteiger partial charge in [0.25, 0.3) is 0 Å². The molecule has 54 valence electrons. The maximum atomic E-state index is 5.11. The van der Waals surface area contributed by atoms with Crippen molar-refractivity contribution in [2.45, 2.75) is 27.2 Å². The third-order valence-electron chi connectivity index (χ3n) is 1.08. The molecular weight excluding hydrogens is 112 g/mol. The molecule has 0 N–H and O–H groups in total. The average Bonchev–Trinajstić information content (AvgIpc) is 1.94. The molecule has 1 heteroatoms. The largest absolute Gasteiger partial charge is 0.377 e. The molecule has 0 radical (unpaired) electrons. The molecule has 0 fully saturated rings. The molecule has 1 aliphatic rings. The van der Waals surface area contributed by atoms with Crippen molar-refractivity contribution in [2.75, 3.05) is 13.2 Å². The van der Waals surface area contributed by atoms with Crippen LogP contribution in [-0.4, -0.2) is 13.2 Å². The van der Waals surface area contributed by atoms with Gasteiger partial charge in [-0.25, -0.2) is 0 Å². The fourth-order valence-corrected chi connectivity index (χ4v) is 0.681. The Morgan fingerprint density at radius 1 is 1.44 bits per heavy atom. The molecule has 0 unspecified atom stereocenters. The topological polar surface area (TPSA) is 9.23 Å². The van der Waals surface area contributed by atoms with Gasteiger partial charge in [-0.1, -0.05) is 25.5 Å². The van der Waals surface area contributed by atoms with E-state index in [9.17, 15) is 0 Å². The van der Waals surface area contributed by atoms with Crippen LogP contribution < -0.4 is 0 Å². The predicted octanol–water partition coefficient (Wildman–Crippen LogP) is 2.38. The summed E-state index contributed by atoms with van der Waals surface area (Å²) in [5.74, 6) is 0. The van der Waals surface area contributed by atoms with E-state index in [4.69, 9.17) is 4.74 Å². The maximum absolute atomic E-state index is 5.11. The fraction of sp³-hybridized carbons (Fsp3) is 0.750. The van der Waals surface area contributed by atoms with E-state index in [1.807, 2.05) is 13.8 Å². The molecule has 0 saturated heterocycles. The zero-order valence-corrected chi connectivity index (χ0v) is 6.61. The van der Waals surface area contributed by atoms with Crippen LogP contribution in [0, 0.1) is 0 Å². The Hall–Kier alpha value is -0.300. The molecule has 1 aliphatic heterocycles. The first-order chi connectivity index (χ1) is 4.39. The van der Waals surface area contributed by atoms with Crippen LogP contribution in [0.2, 0.25) is 0 Å². The molecule has 1 heterocycles. The fourth-order valence-electron chi connectivity index (χ4n) is 0.681. The Balaban J connectivity index is 0.000000291. The molecule has 0 aromatic carbocycles. The van der Waals surface area contributed by atoms with Crippen LogP contribution in [0.25, 0.3) is 0 Å². The van der Waals surface area contributed by atoms with Crippen molar-refractivity contribution >= 4 is 0 Å². The van der Waals surface area contributed by atoms with Crippen LogP contribution in [0.4, 0.5) is 0 Å². The Labute approximate surface area is 57.7 Å². The van der Waals surface area contributed by atoms with E-state index in [-0.39, 0.29) is 0 Å². The highest BCUT2D eigenvalue weighted by molar-refractivity contribution is 5.00. The minimum atomic E-state index is 0.847. The first-order valence-electron chi connectivity index (χ1n) is 3.63. The van der Waals surface area contributed by atoms with Crippen LogP contribution in [0.3, 0.4) is 0 Å². The summed E-state index contributed by atoms with van der Waals surface area (Å²) in [5, 5.41) is 0. The summed E-state index contributed by atoms with van der Waals surface area (Å²) in [7, 11) is 0. The summed E-state index contributed by atoms with van der Waals surface area (Å²) in [4.78, 5) is 0. The lowest BCUT2D eigenvalue weighted by Gasteiger charge is -2.07. The zero-order chi connectivity index (χ0) is 7.11. The van der Waals surface area contributed by atoms with Gasteiger partial charge in [0, 0.05) is 0 Å². The number of rotatable bonds is 0. The van der Waals surface area contributed by atoms with Gasteiger partial charge in [0.05, 0.1) is 13.2 Å². The van der Waals surface area contributed by atoms with Gasteiger partial charge in [-0.2, -0.15) is 0 Å².